The fourth-order valence-electron chi connectivity index (χ4n) is 1.65. The molecule has 0 radical (unpaired) electrons. The normalized spacial score (nSPS) is 21.1. The average molecular weight is 195 g/mol. The van der Waals surface area contributed by atoms with Gasteiger partial charge in [-0.05, 0) is 31.5 Å². The van der Waals surface area contributed by atoms with E-state index < -0.39 is 0 Å². The first kappa shape index (κ1) is 9.46. The number of ether oxygens (including phenoxy) is 1. The molecule has 1 aliphatic rings. The second kappa shape index (κ2) is 4.42. The smallest absolute Gasteiger partial charge is 0.126 e. The second-order valence-electron chi connectivity index (χ2n) is 3.56. The second-order valence-corrected chi connectivity index (χ2v) is 3.56. The lowest BCUT2D eigenvalue weighted by Gasteiger charge is -2.11. The van der Waals surface area contributed by atoms with Crippen LogP contribution in [-0.4, -0.2) is 19.2 Å². The molecule has 1 aliphatic heterocycles. The van der Waals surface area contributed by atoms with Gasteiger partial charge in [0.1, 0.15) is 18.2 Å². The summed E-state index contributed by atoms with van der Waals surface area (Å²) in [7, 11) is 0. The molecule has 3 heteroatoms. The molecule has 1 fully saturated rings. The number of hydrogen-bond donors (Lipinski definition) is 1. The maximum atomic E-state index is 12.8. The van der Waals surface area contributed by atoms with Crippen LogP contribution in [0.15, 0.2) is 24.3 Å². The molecule has 1 heterocycles. The number of nitrogens with one attached hydrogen (secondary N) is 1. The van der Waals surface area contributed by atoms with Gasteiger partial charge in [0, 0.05) is 12.1 Å². The molecule has 1 N–H and O–H groups in total. The van der Waals surface area contributed by atoms with Crippen LogP contribution in [0, 0.1) is 5.82 Å². The van der Waals surface area contributed by atoms with Crippen LogP contribution in [0.4, 0.5) is 4.39 Å². The van der Waals surface area contributed by atoms with E-state index in [2.05, 4.69) is 5.32 Å². The lowest BCUT2D eigenvalue weighted by molar-refractivity contribution is 0.276. The van der Waals surface area contributed by atoms with E-state index >= 15 is 0 Å². The number of halogens is 1. The van der Waals surface area contributed by atoms with Crippen LogP contribution in [0.1, 0.15) is 12.8 Å². The molecule has 14 heavy (non-hydrogen) atoms. The number of rotatable bonds is 3. The van der Waals surface area contributed by atoms with Gasteiger partial charge in [-0.3, -0.25) is 0 Å². The molecule has 0 bridgehead atoms. The molecule has 1 aromatic rings. The predicted molar refractivity (Wildman–Crippen MR) is 52.9 cm³/mol. The van der Waals surface area contributed by atoms with Gasteiger partial charge in [-0.2, -0.15) is 0 Å². The summed E-state index contributed by atoms with van der Waals surface area (Å²) in [5, 5.41) is 3.32. The molecule has 0 aromatic heterocycles. The Labute approximate surface area is 83.1 Å². The van der Waals surface area contributed by atoms with Crippen LogP contribution in [0.2, 0.25) is 0 Å². The summed E-state index contributed by atoms with van der Waals surface area (Å²) in [5.74, 6) is 0.362. The highest BCUT2D eigenvalue weighted by Gasteiger charge is 2.14. The van der Waals surface area contributed by atoms with Gasteiger partial charge in [-0.1, -0.05) is 6.07 Å². The highest BCUT2D eigenvalue weighted by Crippen LogP contribution is 2.13. The first-order valence-electron chi connectivity index (χ1n) is 4.96. The minimum atomic E-state index is -0.248. The Kier molecular flexibility index (Phi) is 2.99. The lowest BCUT2D eigenvalue weighted by atomic mass is 10.2. The maximum Gasteiger partial charge on any atom is 0.126 e. The monoisotopic (exact) mass is 195 g/mol. The Bertz CT molecular complexity index is 297. The molecule has 0 saturated carbocycles. The Balaban J connectivity index is 1.85. The van der Waals surface area contributed by atoms with E-state index in [-0.39, 0.29) is 5.82 Å². The Morgan fingerprint density at radius 1 is 1.50 bits per heavy atom. The maximum absolute atomic E-state index is 12.8. The molecule has 0 amide bonds. The first-order chi connectivity index (χ1) is 6.84. The van der Waals surface area contributed by atoms with Crippen molar-refractivity contribution >= 4 is 0 Å². The molecular weight excluding hydrogens is 181 g/mol. The van der Waals surface area contributed by atoms with Gasteiger partial charge in [0.05, 0.1) is 0 Å². The van der Waals surface area contributed by atoms with Crippen molar-refractivity contribution in [3.8, 4) is 5.75 Å². The van der Waals surface area contributed by atoms with Crippen LogP contribution in [-0.2, 0) is 0 Å². The zero-order valence-electron chi connectivity index (χ0n) is 8.00. The summed E-state index contributed by atoms with van der Waals surface area (Å²) >= 11 is 0. The van der Waals surface area contributed by atoms with Crippen LogP contribution < -0.4 is 10.1 Å². The summed E-state index contributed by atoms with van der Waals surface area (Å²) in [6, 6.07) is 6.69. The van der Waals surface area contributed by atoms with Gasteiger partial charge in [-0.15, -0.1) is 0 Å². The van der Waals surface area contributed by atoms with E-state index in [1.54, 1.807) is 12.1 Å². The minimum absolute atomic E-state index is 0.248. The standard InChI is InChI=1S/C11H14FNO/c12-9-3-1-5-11(7-9)14-8-10-4-2-6-13-10/h1,3,5,7,10,13H,2,4,6,8H2/t10-/m1/s1. The van der Waals surface area contributed by atoms with Crippen molar-refractivity contribution < 1.29 is 9.13 Å². The van der Waals surface area contributed by atoms with Crippen molar-refractivity contribution in [2.24, 2.45) is 0 Å². The van der Waals surface area contributed by atoms with Crippen molar-refractivity contribution in [1.82, 2.24) is 5.32 Å². The van der Waals surface area contributed by atoms with Crippen LogP contribution >= 0.6 is 0 Å². The van der Waals surface area contributed by atoms with Crippen molar-refractivity contribution in [3.05, 3.63) is 30.1 Å². The topological polar surface area (TPSA) is 21.3 Å². The summed E-state index contributed by atoms with van der Waals surface area (Å²) < 4.78 is 18.2. The van der Waals surface area contributed by atoms with E-state index in [4.69, 9.17) is 4.74 Å². The van der Waals surface area contributed by atoms with Gasteiger partial charge in [0.15, 0.2) is 0 Å². The van der Waals surface area contributed by atoms with Gasteiger partial charge in [0.25, 0.3) is 0 Å². The Morgan fingerprint density at radius 3 is 3.14 bits per heavy atom. The van der Waals surface area contributed by atoms with Crippen molar-refractivity contribution in [1.29, 1.82) is 0 Å². The summed E-state index contributed by atoms with van der Waals surface area (Å²) in [5.41, 5.74) is 0. The van der Waals surface area contributed by atoms with Crippen LogP contribution in [0.3, 0.4) is 0 Å². The molecule has 2 nitrogen and oxygen atoms in total. The zero-order valence-corrected chi connectivity index (χ0v) is 8.00. The average Bonchev–Trinajstić information content (AvgIpc) is 2.67. The quantitative estimate of drug-likeness (QED) is 0.796. The third-order valence-corrected chi connectivity index (χ3v) is 2.41. The third-order valence-electron chi connectivity index (χ3n) is 2.41. The van der Waals surface area contributed by atoms with Crippen molar-refractivity contribution in [3.63, 3.8) is 0 Å². The predicted octanol–water partition coefficient (Wildman–Crippen LogP) is 1.96. The molecule has 1 aromatic carbocycles. The molecule has 0 unspecified atom stereocenters. The van der Waals surface area contributed by atoms with E-state index in [9.17, 15) is 4.39 Å². The largest absolute Gasteiger partial charge is 0.492 e. The van der Waals surface area contributed by atoms with Crippen molar-refractivity contribution in [2.75, 3.05) is 13.2 Å². The first-order valence-corrected chi connectivity index (χ1v) is 4.96. The van der Waals surface area contributed by atoms with Crippen molar-refractivity contribution in [2.45, 2.75) is 18.9 Å². The van der Waals surface area contributed by atoms with E-state index in [0.29, 0.717) is 18.4 Å². The number of hydrogen-bond acceptors (Lipinski definition) is 2. The van der Waals surface area contributed by atoms with Gasteiger partial charge in [0.2, 0.25) is 0 Å². The fourth-order valence-corrected chi connectivity index (χ4v) is 1.65. The van der Waals surface area contributed by atoms with Gasteiger partial charge in [-0.25, -0.2) is 4.39 Å². The number of benzene rings is 1. The Hall–Kier alpha value is -1.09. The fraction of sp³-hybridized carbons (Fsp3) is 0.455. The van der Waals surface area contributed by atoms with Crippen LogP contribution in [0.5, 0.6) is 5.75 Å². The van der Waals surface area contributed by atoms with E-state index in [1.165, 1.54) is 18.6 Å². The van der Waals surface area contributed by atoms with Gasteiger partial charge >= 0.3 is 0 Å². The van der Waals surface area contributed by atoms with Gasteiger partial charge < -0.3 is 10.1 Å². The summed E-state index contributed by atoms with van der Waals surface area (Å²) in [6.07, 6.45) is 2.35. The molecule has 0 aliphatic carbocycles. The zero-order chi connectivity index (χ0) is 9.80. The minimum Gasteiger partial charge on any atom is -0.492 e. The lowest BCUT2D eigenvalue weighted by Crippen LogP contribution is -2.28. The van der Waals surface area contributed by atoms with E-state index in [1.807, 2.05) is 0 Å². The SMILES string of the molecule is Fc1cccc(OC[C@H]2CCCN2)c1. The summed E-state index contributed by atoms with van der Waals surface area (Å²) in [4.78, 5) is 0. The van der Waals surface area contributed by atoms with E-state index in [0.717, 1.165) is 13.0 Å². The highest BCUT2D eigenvalue weighted by molar-refractivity contribution is 5.22. The molecule has 76 valence electrons. The summed E-state index contributed by atoms with van der Waals surface area (Å²) in [6.45, 7) is 1.70. The molecule has 2 rings (SSSR count). The molecule has 0 spiro atoms. The highest BCUT2D eigenvalue weighted by atomic mass is 19.1. The molecular formula is C11H14FNO. The Morgan fingerprint density at radius 2 is 2.43 bits per heavy atom. The molecule has 1 atom stereocenters. The molecule has 1 saturated heterocycles. The third kappa shape index (κ3) is 2.45. The van der Waals surface area contributed by atoms with Crippen LogP contribution in [0.25, 0.3) is 0 Å².